The molecular formula is C17H13N3O2S3. The minimum Gasteiger partial charge on any atom is -0.345 e. The highest BCUT2D eigenvalue weighted by atomic mass is 32.1. The maximum atomic E-state index is 12.8. The first-order valence-electron chi connectivity index (χ1n) is 7.57. The van der Waals surface area contributed by atoms with Crippen molar-refractivity contribution in [2.75, 3.05) is 0 Å². The number of amides is 1. The minimum atomic E-state index is -0.250. The molecule has 2 N–H and O–H groups in total. The fraction of sp³-hybridized carbons (Fsp3) is 0.118. The second kappa shape index (κ2) is 6.21. The van der Waals surface area contributed by atoms with E-state index in [1.54, 1.807) is 4.40 Å². The van der Waals surface area contributed by atoms with Gasteiger partial charge >= 0.3 is 0 Å². The molecule has 5 nitrogen and oxygen atoms in total. The summed E-state index contributed by atoms with van der Waals surface area (Å²) < 4.78 is 2.90. The molecule has 0 saturated carbocycles. The Labute approximate surface area is 155 Å². The Morgan fingerprint density at radius 3 is 2.80 bits per heavy atom. The van der Waals surface area contributed by atoms with Crippen molar-refractivity contribution in [3.63, 3.8) is 0 Å². The predicted molar refractivity (Wildman–Crippen MR) is 104 cm³/mol. The number of benzene rings is 1. The molecular weight excluding hydrogens is 374 g/mol. The molecule has 1 amide bonds. The Bertz CT molecular complexity index is 1200. The van der Waals surface area contributed by atoms with Gasteiger partial charge in [-0.2, -0.15) is 0 Å². The van der Waals surface area contributed by atoms with E-state index in [2.05, 4.69) is 10.3 Å². The molecule has 4 rings (SSSR count). The lowest BCUT2D eigenvalue weighted by Gasteiger charge is -2.13. The topological polar surface area (TPSA) is 66.4 Å². The molecule has 0 aliphatic rings. The third-order valence-corrected chi connectivity index (χ3v) is 6.26. The Morgan fingerprint density at radius 2 is 2.04 bits per heavy atom. The summed E-state index contributed by atoms with van der Waals surface area (Å²) in [5.74, 6) is -0.250. The molecule has 0 unspecified atom stereocenters. The summed E-state index contributed by atoms with van der Waals surface area (Å²) in [6.45, 7) is 1.92. The van der Waals surface area contributed by atoms with E-state index in [1.807, 2.05) is 48.7 Å². The minimum absolute atomic E-state index is 0.152. The summed E-state index contributed by atoms with van der Waals surface area (Å²) in [6.07, 6.45) is 0. The smallest absolute Gasteiger partial charge is 0.269 e. The van der Waals surface area contributed by atoms with Gasteiger partial charge in [-0.3, -0.25) is 14.0 Å². The highest BCUT2D eigenvalue weighted by molar-refractivity contribution is 7.73. The fourth-order valence-electron chi connectivity index (χ4n) is 2.76. The number of rotatable bonds is 3. The van der Waals surface area contributed by atoms with Crippen LogP contribution in [0, 0.1) is 3.95 Å². The highest BCUT2D eigenvalue weighted by Crippen LogP contribution is 2.25. The number of hydrogen-bond acceptors (Lipinski definition) is 5. The van der Waals surface area contributed by atoms with Crippen LogP contribution in [-0.4, -0.2) is 15.3 Å². The van der Waals surface area contributed by atoms with Crippen molar-refractivity contribution in [1.82, 2.24) is 14.7 Å². The number of carbonyl (C=O) groups is 1. The van der Waals surface area contributed by atoms with Crippen molar-refractivity contribution in [2.24, 2.45) is 0 Å². The van der Waals surface area contributed by atoms with E-state index in [4.69, 9.17) is 12.2 Å². The molecule has 3 heterocycles. The van der Waals surface area contributed by atoms with Crippen LogP contribution in [0.5, 0.6) is 0 Å². The molecule has 4 aromatic rings. The van der Waals surface area contributed by atoms with Crippen molar-refractivity contribution in [1.29, 1.82) is 0 Å². The van der Waals surface area contributed by atoms with Crippen LogP contribution in [-0.2, 0) is 0 Å². The standard InChI is InChI=1S/C17H13N3O2S3/c1-9(10-5-3-2-4-6-10)18-16(22)13-14-19-15(21)12-11(7-8-24-12)20(14)17(23)25-13/h2-9H,1H3,(H,18,22)(H,19,21)/t9-/m0/s1. The van der Waals surface area contributed by atoms with Crippen LogP contribution in [0.1, 0.15) is 28.2 Å². The van der Waals surface area contributed by atoms with Crippen LogP contribution in [0.15, 0.2) is 46.6 Å². The Hall–Kier alpha value is -2.29. The van der Waals surface area contributed by atoms with Gasteiger partial charge in [-0.15, -0.1) is 11.3 Å². The first kappa shape index (κ1) is 16.2. The van der Waals surface area contributed by atoms with Crippen molar-refractivity contribution < 1.29 is 4.79 Å². The zero-order valence-electron chi connectivity index (χ0n) is 13.1. The number of carbonyl (C=O) groups excluding carboxylic acids is 1. The summed E-state index contributed by atoms with van der Waals surface area (Å²) in [4.78, 5) is 28.2. The van der Waals surface area contributed by atoms with Crippen LogP contribution in [0.3, 0.4) is 0 Å². The molecule has 8 heteroatoms. The lowest BCUT2D eigenvalue weighted by Crippen LogP contribution is -2.26. The van der Waals surface area contributed by atoms with Crippen molar-refractivity contribution >= 4 is 56.7 Å². The quantitative estimate of drug-likeness (QED) is 0.520. The van der Waals surface area contributed by atoms with Crippen molar-refractivity contribution in [3.05, 3.63) is 66.5 Å². The number of aromatic nitrogens is 2. The number of fused-ring (bicyclic) bond motifs is 3. The van der Waals surface area contributed by atoms with Crippen LogP contribution >= 0.6 is 34.9 Å². The van der Waals surface area contributed by atoms with E-state index in [0.717, 1.165) is 11.1 Å². The Balaban J connectivity index is 1.79. The van der Waals surface area contributed by atoms with Gasteiger partial charge in [0.25, 0.3) is 11.5 Å². The molecule has 0 spiro atoms. The Morgan fingerprint density at radius 1 is 1.28 bits per heavy atom. The fourth-order valence-corrected chi connectivity index (χ4v) is 4.82. The summed E-state index contributed by atoms with van der Waals surface area (Å²) >= 11 is 7.98. The molecule has 0 fully saturated rings. The van der Waals surface area contributed by atoms with Gasteiger partial charge in [0.2, 0.25) is 0 Å². The molecule has 25 heavy (non-hydrogen) atoms. The summed E-state index contributed by atoms with van der Waals surface area (Å²) in [6, 6.07) is 11.4. The summed E-state index contributed by atoms with van der Waals surface area (Å²) in [5.41, 5.74) is 1.99. The second-order valence-electron chi connectivity index (χ2n) is 5.58. The maximum absolute atomic E-state index is 12.8. The van der Waals surface area contributed by atoms with Gasteiger partial charge in [-0.1, -0.05) is 41.7 Å². The predicted octanol–water partition coefficient (Wildman–Crippen LogP) is 4.12. The van der Waals surface area contributed by atoms with E-state index in [1.165, 1.54) is 22.7 Å². The Kier molecular flexibility index (Phi) is 4.03. The first-order valence-corrected chi connectivity index (χ1v) is 9.67. The van der Waals surface area contributed by atoms with Crippen LogP contribution in [0.25, 0.3) is 15.9 Å². The van der Waals surface area contributed by atoms with Crippen molar-refractivity contribution in [3.8, 4) is 0 Å². The number of H-pyrrole nitrogens is 1. The molecule has 3 aromatic heterocycles. The summed E-state index contributed by atoms with van der Waals surface area (Å²) in [7, 11) is 0. The highest BCUT2D eigenvalue weighted by Gasteiger charge is 2.20. The number of nitrogens with one attached hydrogen (secondary N) is 2. The third-order valence-electron chi connectivity index (χ3n) is 3.99. The number of thiazole rings is 1. The lowest BCUT2D eigenvalue weighted by molar-refractivity contribution is 0.0945. The number of hydrogen-bond donors (Lipinski definition) is 2. The monoisotopic (exact) mass is 387 g/mol. The van der Waals surface area contributed by atoms with E-state index in [-0.39, 0.29) is 17.5 Å². The SMILES string of the molecule is C[C@H](NC(=O)c1sc(=S)n2c1[nH]c(=O)c1sccc12)c1ccccc1. The van der Waals surface area contributed by atoms with Crippen LogP contribution < -0.4 is 10.9 Å². The second-order valence-corrected chi connectivity index (χ2v) is 8.14. The van der Waals surface area contributed by atoms with Gasteiger partial charge in [0.05, 0.1) is 11.6 Å². The molecule has 0 aliphatic heterocycles. The first-order chi connectivity index (χ1) is 12.1. The van der Waals surface area contributed by atoms with Gasteiger partial charge in [0.1, 0.15) is 15.2 Å². The number of nitrogens with zero attached hydrogens (tertiary/aromatic N) is 1. The molecule has 0 aliphatic carbocycles. The largest absolute Gasteiger partial charge is 0.345 e. The average Bonchev–Trinajstić information content (AvgIpc) is 3.21. The molecule has 0 bridgehead atoms. The van der Waals surface area contributed by atoms with E-state index >= 15 is 0 Å². The third kappa shape index (κ3) is 2.72. The summed E-state index contributed by atoms with van der Waals surface area (Å²) in [5, 5.41) is 4.81. The zero-order chi connectivity index (χ0) is 17.6. The van der Waals surface area contributed by atoms with Gasteiger partial charge < -0.3 is 10.3 Å². The molecule has 126 valence electrons. The zero-order valence-corrected chi connectivity index (χ0v) is 15.6. The number of thiophene rings is 1. The average molecular weight is 388 g/mol. The van der Waals surface area contributed by atoms with E-state index in [0.29, 0.717) is 19.2 Å². The van der Waals surface area contributed by atoms with E-state index < -0.39 is 0 Å². The molecule has 0 saturated heterocycles. The van der Waals surface area contributed by atoms with Crippen LogP contribution in [0.2, 0.25) is 0 Å². The number of aromatic amines is 1. The molecule has 0 radical (unpaired) electrons. The van der Waals surface area contributed by atoms with Crippen LogP contribution in [0.4, 0.5) is 0 Å². The van der Waals surface area contributed by atoms with Gasteiger partial charge in [-0.05, 0) is 36.2 Å². The maximum Gasteiger partial charge on any atom is 0.269 e. The van der Waals surface area contributed by atoms with E-state index in [9.17, 15) is 9.59 Å². The molecule has 1 atom stereocenters. The van der Waals surface area contributed by atoms with Gasteiger partial charge in [-0.25, -0.2) is 0 Å². The van der Waals surface area contributed by atoms with Crippen molar-refractivity contribution in [2.45, 2.75) is 13.0 Å². The molecule has 1 aromatic carbocycles. The van der Waals surface area contributed by atoms with Gasteiger partial charge in [0, 0.05) is 0 Å². The van der Waals surface area contributed by atoms with Gasteiger partial charge in [0.15, 0.2) is 3.95 Å². The normalized spacial score (nSPS) is 12.5. The lowest BCUT2D eigenvalue weighted by atomic mass is 10.1.